The Hall–Kier alpha value is -2.41. The number of β-amino-alcohol motifs (C(OH)–C–C–N with tert-alkyl or cyclic N) is 1. The summed E-state index contributed by atoms with van der Waals surface area (Å²) < 4.78 is 47.4. The van der Waals surface area contributed by atoms with Gasteiger partial charge in [0.2, 0.25) is 10.0 Å². The average Bonchev–Trinajstić information content (AvgIpc) is 3.17. The molecule has 2 aromatic carbocycles. The zero-order valence-corrected chi connectivity index (χ0v) is 31.2. The molecule has 12 heteroatoms. The number of amides is 1. The first kappa shape index (κ1) is 37.4. The summed E-state index contributed by atoms with van der Waals surface area (Å²) >= 11 is 6.38. The highest BCUT2D eigenvalue weighted by Gasteiger charge is 2.47. The minimum absolute atomic E-state index is 0.0711. The number of carbonyl (C=O) groups is 1. The number of benzene rings is 2. The number of nitrogens with one attached hydrogen (secondary N) is 1. The molecule has 1 saturated heterocycles. The third-order valence-corrected chi connectivity index (χ3v) is 13.7. The lowest BCUT2D eigenvalue weighted by Crippen LogP contribution is -2.56. The van der Waals surface area contributed by atoms with Gasteiger partial charge in [0.15, 0.2) is 0 Å². The van der Waals surface area contributed by atoms with E-state index in [2.05, 4.69) is 14.5 Å². The van der Waals surface area contributed by atoms with Crippen molar-refractivity contribution in [3.63, 3.8) is 0 Å². The maximum absolute atomic E-state index is 13.5. The van der Waals surface area contributed by atoms with Gasteiger partial charge in [0.25, 0.3) is 5.91 Å². The monoisotopic (exact) mass is 731 g/mol. The normalized spacial score (nSPS) is 30.4. The number of hydrogen-bond donors (Lipinski definition) is 2. The van der Waals surface area contributed by atoms with E-state index in [1.807, 2.05) is 25.1 Å². The molecule has 50 heavy (non-hydrogen) atoms. The van der Waals surface area contributed by atoms with E-state index >= 15 is 0 Å². The number of nitrogens with zero attached hydrogens (tertiary/aromatic N) is 2. The smallest absolute Gasteiger partial charge is 0.264 e. The molecular weight excluding hydrogens is 678 g/mol. The van der Waals surface area contributed by atoms with Crippen LogP contribution < -0.4 is 14.4 Å². The Bertz CT molecular complexity index is 1580. The van der Waals surface area contributed by atoms with Gasteiger partial charge in [0, 0.05) is 43.3 Å². The van der Waals surface area contributed by atoms with Crippen molar-refractivity contribution in [2.24, 2.45) is 17.8 Å². The third kappa shape index (κ3) is 8.96. The van der Waals surface area contributed by atoms with Crippen molar-refractivity contribution >= 4 is 33.2 Å². The molecule has 3 heterocycles. The number of hydrogen-bond acceptors (Lipinski definition) is 9. The highest BCUT2D eigenvalue weighted by atomic mass is 35.5. The minimum Gasteiger partial charge on any atom is -0.487 e. The van der Waals surface area contributed by atoms with Crippen LogP contribution in [0.15, 0.2) is 36.4 Å². The largest absolute Gasteiger partial charge is 0.487 e. The lowest BCUT2D eigenvalue weighted by molar-refractivity contribution is -0.107. The first-order valence-corrected chi connectivity index (χ1v) is 20.4. The van der Waals surface area contributed by atoms with Gasteiger partial charge in [-0.2, -0.15) is 0 Å². The fourth-order valence-corrected chi connectivity index (χ4v) is 9.66. The second-order valence-electron chi connectivity index (χ2n) is 14.9. The molecule has 4 aliphatic rings. The van der Waals surface area contributed by atoms with Crippen LogP contribution in [0.1, 0.15) is 80.3 Å². The number of carbonyl (C=O) groups excluding carboxylic acids is 1. The molecule has 2 N–H and O–H groups in total. The van der Waals surface area contributed by atoms with Gasteiger partial charge in [-0.1, -0.05) is 31.0 Å². The lowest BCUT2D eigenvalue weighted by atomic mass is 9.62. The minimum atomic E-state index is -3.96. The Labute approximate surface area is 302 Å². The van der Waals surface area contributed by atoms with Gasteiger partial charge in [-0.3, -0.25) is 9.69 Å². The molecule has 2 aromatic rings. The quantitative estimate of drug-likeness (QED) is 0.417. The first-order valence-electron chi connectivity index (χ1n) is 18.5. The van der Waals surface area contributed by atoms with Gasteiger partial charge in [-0.05, 0) is 111 Å². The zero-order valence-electron chi connectivity index (χ0n) is 29.6. The molecule has 0 spiro atoms. The highest BCUT2D eigenvalue weighted by molar-refractivity contribution is 7.90. The molecule has 1 saturated carbocycles. The predicted molar refractivity (Wildman–Crippen MR) is 195 cm³/mol. The van der Waals surface area contributed by atoms with Crippen molar-refractivity contribution in [1.82, 2.24) is 9.62 Å². The number of aliphatic hydroxyl groups is 1. The van der Waals surface area contributed by atoms with E-state index in [0.29, 0.717) is 76.2 Å². The molecule has 6 rings (SSSR count). The van der Waals surface area contributed by atoms with Crippen molar-refractivity contribution in [3.05, 3.63) is 58.1 Å². The molecule has 10 nitrogen and oxygen atoms in total. The lowest BCUT2D eigenvalue weighted by Gasteiger charge is -2.51. The van der Waals surface area contributed by atoms with Crippen LogP contribution in [0, 0.1) is 17.8 Å². The molecule has 3 aliphatic heterocycles. The number of ether oxygens (including phenoxy) is 3. The van der Waals surface area contributed by atoms with Crippen molar-refractivity contribution < 1.29 is 32.5 Å². The summed E-state index contributed by atoms with van der Waals surface area (Å²) in [5.41, 5.74) is 2.32. The number of rotatable bonds is 2. The molecule has 0 radical (unpaired) electrons. The molecular formula is C38H54ClN3O7S. The summed E-state index contributed by atoms with van der Waals surface area (Å²) in [4.78, 5) is 18.1. The van der Waals surface area contributed by atoms with Gasteiger partial charge in [0.1, 0.15) is 12.4 Å². The van der Waals surface area contributed by atoms with E-state index in [1.165, 1.54) is 5.56 Å². The van der Waals surface area contributed by atoms with E-state index in [4.69, 9.17) is 25.8 Å². The molecule has 1 amide bonds. The summed E-state index contributed by atoms with van der Waals surface area (Å²) in [5, 5.41) is 12.6. The molecule has 0 aromatic heterocycles. The maximum atomic E-state index is 13.5. The average molecular weight is 732 g/mol. The molecule has 276 valence electrons. The van der Waals surface area contributed by atoms with Crippen LogP contribution in [0.5, 0.6) is 5.75 Å². The number of aryl methyl sites for hydroxylation is 1. The van der Waals surface area contributed by atoms with Gasteiger partial charge in [-0.25, -0.2) is 13.1 Å². The third-order valence-electron chi connectivity index (χ3n) is 11.6. The maximum Gasteiger partial charge on any atom is 0.264 e. The van der Waals surface area contributed by atoms with Crippen molar-refractivity contribution in [2.75, 3.05) is 64.1 Å². The van der Waals surface area contributed by atoms with Gasteiger partial charge < -0.3 is 24.2 Å². The Balaban J connectivity index is 1.36. The Morgan fingerprint density at radius 2 is 1.72 bits per heavy atom. The summed E-state index contributed by atoms with van der Waals surface area (Å²) in [7, 11) is -3.96. The van der Waals surface area contributed by atoms with Crippen LogP contribution in [0.4, 0.5) is 5.69 Å². The number of halogens is 1. The van der Waals surface area contributed by atoms with E-state index in [0.717, 1.165) is 63.0 Å². The molecule has 5 atom stereocenters. The SMILES string of the molecule is C[C@@H]1[C@@H](C)CCC[C@@](O)(CN2CCOCCOCC2)[C@@H]2CC[C@H]2CN2CCCCc3cc(Cl)ccc3COc3ccc(cc32)C(=O)NS1(=O)=O. The summed E-state index contributed by atoms with van der Waals surface area (Å²) in [6.45, 7) is 9.65. The van der Waals surface area contributed by atoms with Crippen LogP contribution in [0.3, 0.4) is 0 Å². The van der Waals surface area contributed by atoms with Crippen LogP contribution in [0.2, 0.25) is 5.02 Å². The van der Waals surface area contributed by atoms with Crippen LogP contribution in [-0.4, -0.2) is 94.3 Å². The second-order valence-corrected chi connectivity index (χ2v) is 17.4. The Kier molecular flexibility index (Phi) is 12.3. The second kappa shape index (κ2) is 16.5. The van der Waals surface area contributed by atoms with E-state index in [-0.39, 0.29) is 23.3 Å². The van der Waals surface area contributed by atoms with E-state index in [9.17, 15) is 18.3 Å². The fraction of sp³-hybridized carbons (Fsp3) is 0.658. The van der Waals surface area contributed by atoms with E-state index < -0.39 is 26.8 Å². The first-order chi connectivity index (χ1) is 24.0. The number of anilines is 1. The van der Waals surface area contributed by atoms with Crippen LogP contribution in [-0.2, 0) is 32.5 Å². The predicted octanol–water partition coefficient (Wildman–Crippen LogP) is 5.44. The Morgan fingerprint density at radius 1 is 0.940 bits per heavy atom. The van der Waals surface area contributed by atoms with Gasteiger partial charge in [-0.15, -0.1) is 0 Å². The number of fused-ring (bicyclic) bond motifs is 3. The molecule has 2 bridgehead atoms. The topological polar surface area (TPSA) is 118 Å². The number of sulfonamides is 1. The van der Waals surface area contributed by atoms with Crippen LogP contribution in [0.25, 0.3) is 0 Å². The van der Waals surface area contributed by atoms with Crippen molar-refractivity contribution in [1.29, 1.82) is 0 Å². The fourth-order valence-electron chi connectivity index (χ4n) is 8.16. The van der Waals surface area contributed by atoms with Gasteiger partial charge in [0.05, 0.1) is 43.0 Å². The molecule has 0 unspecified atom stereocenters. The zero-order chi connectivity index (χ0) is 35.3. The summed E-state index contributed by atoms with van der Waals surface area (Å²) in [6.07, 6.45) is 6.53. The van der Waals surface area contributed by atoms with Crippen molar-refractivity contribution in [3.8, 4) is 5.75 Å². The Morgan fingerprint density at radius 3 is 2.46 bits per heavy atom. The van der Waals surface area contributed by atoms with E-state index in [1.54, 1.807) is 25.1 Å². The van der Waals surface area contributed by atoms with Crippen LogP contribution >= 0.6 is 11.6 Å². The standard InChI is InChI=1S/C38H54ClN3O7S/c1-27-6-5-14-38(44,26-41-16-18-47-20-21-48-19-17-41)34-12-9-31(34)24-42-15-4-3-7-29-22-33(39)11-8-32(29)25-49-36-13-10-30(23-35(36)42)37(43)40-50(45,46)28(27)2/h8,10-11,13,22-23,27-28,31,34,44H,3-7,9,12,14-21,24-26H2,1-2H3,(H,40,43)/t27-,28+,31-,34+,38+/m0/s1. The highest BCUT2D eigenvalue weighted by Crippen LogP contribution is 2.46. The summed E-state index contributed by atoms with van der Waals surface area (Å²) in [6, 6.07) is 11.1. The molecule has 1 aliphatic carbocycles. The summed E-state index contributed by atoms with van der Waals surface area (Å²) in [5.74, 6) is 0.0952. The molecule has 2 fully saturated rings. The van der Waals surface area contributed by atoms with Gasteiger partial charge >= 0.3 is 0 Å². The van der Waals surface area contributed by atoms with Crippen molar-refractivity contribution in [2.45, 2.75) is 82.7 Å².